The largest absolute Gasteiger partial charge is 0.313 e. The van der Waals surface area contributed by atoms with Crippen LogP contribution in [-0.4, -0.2) is 18.5 Å². The molecule has 0 N–H and O–H groups in total. The molecule has 0 aliphatic carbocycles. The average Bonchev–Trinajstić information content (AvgIpc) is 2.19. The highest BCUT2D eigenvalue weighted by molar-refractivity contribution is 6.30. The van der Waals surface area contributed by atoms with E-state index >= 15 is 0 Å². The number of likely N-dealkylation sites (N-methyl/N-ethyl adjacent to an activating group) is 1. The van der Waals surface area contributed by atoms with E-state index < -0.39 is 5.82 Å². The lowest BCUT2D eigenvalue weighted by molar-refractivity contribution is 0.478. The molecule has 0 atom stereocenters. The fourth-order valence-electron chi connectivity index (χ4n) is 1.04. The molecule has 0 fully saturated rings. The van der Waals surface area contributed by atoms with Crippen molar-refractivity contribution in [2.45, 2.75) is 6.42 Å². The zero-order valence-electron chi connectivity index (χ0n) is 7.80. The number of hydrogen-bond acceptors (Lipinski definition) is 2. The van der Waals surface area contributed by atoms with Crippen LogP contribution in [0.15, 0.2) is 18.2 Å². The summed E-state index contributed by atoms with van der Waals surface area (Å²) >= 11 is 5.61. The molecule has 0 bridgehead atoms. The first-order valence-corrected chi connectivity index (χ1v) is 4.56. The standard InChI is InChI=1S/C10H10ClFN2/c1-14(7-13)5-4-8-2-3-10(12)9(11)6-8/h2-3,6H,4-5H2,1H3. The summed E-state index contributed by atoms with van der Waals surface area (Å²) in [5.41, 5.74) is 0.929. The second-order valence-corrected chi connectivity index (χ2v) is 3.43. The van der Waals surface area contributed by atoms with Crippen LogP contribution in [0.4, 0.5) is 4.39 Å². The molecule has 0 radical (unpaired) electrons. The fourth-order valence-corrected chi connectivity index (χ4v) is 1.25. The molecule has 14 heavy (non-hydrogen) atoms. The number of benzene rings is 1. The summed E-state index contributed by atoms with van der Waals surface area (Å²) in [5.74, 6) is -0.413. The lowest BCUT2D eigenvalue weighted by Crippen LogP contribution is -2.14. The van der Waals surface area contributed by atoms with Crippen molar-refractivity contribution in [2.75, 3.05) is 13.6 Å². The molecule has 1 aromatic carbocycles. The molecule has 0 amide bonds. The van der Waals surface area contributed by atoms with Crippen molar-refractivity contribution in [1.29, 1.82) is 5.26 Å². The van der Waals surface area contributed by atoms with Crippen LogP contribution >= 0.6 is 11.6 Å². The van der Waals surface area contributed by atoms with Gasteiger partial charge < -0.3 is 4.90 Å². The Kier molecular flexibility index (Phi) is 3.73. The summed E-state index contributed by atoms with van der Waals surface area (Å²) < 4.78 is 12.8. The Labute approximate surface area is 87.5 Å². The van der Waals surface area contributed by atoms with Crippen molar-refractivity contribution in [3.05, 3.63) is 34.6 Å². The Morgan fingerprint density at radius 1 is 1.57 bits per heavy atom. The number of nitrogens with zero attached hydrogens (tertiary/aromatic N) is 2. The minimum atomic E-state index is -0.413. The van der Waals surface area contributed by atoms with E-state index in [9.17, 15) is 4.39 Å². The Morgan fingerprint density at radius 3 is 2.86 bits per heavy atom. The smallest absolute Gasteiger partial charge is 0.179 e. The van der Waals surface area contributed by atoms with Gasteiger partial charge in [0.05, 0.1) is 5.02 Å². The molecular weight excluding hydrogens is 203 g/mol. The van der Waals surface area contributed by atoms with Gasteiger partial charge in [0.1, 0.15) is 5.82 Å². The highest BCUT2D eigenvalue weighted by Crippen LogP contribution is 2.16. The van der Waals surface area contributed by atoms with E-state index in [1.54, 1.807) is 19.2 Å². The van der Waals surface area contributed by atoms with Crippen molar-refractivity contribution in [1.82, 2.24) is 4.90 Å². The first kappa shape index (κ1) is 10.8. The molecular formula is C10H10ClFN2. The van der Waals surface area contributed by atoms with Gasteiger partial charge in [-0.25, -0.2) is 4.39 Å². The summed E-state index contributed by atoms with van der Waals surface area (Å²) in [5, 5.41) is 8.63. The van der Waals surface area contributed by atoms with E-state index in [1.807, 2.05) is 6.19 Å². The minimum Gasteiger partial charge on any atom is -0.313 e. The van der Waals surface area contributed by atoms with Gasteiger partial charge >= 0.3 is 0 Å². The molecule has 0 spiro atoms. The van der Waals surface area contributed by atoms with Gasteiger partial charge in [-0.1, -0.05) is 17.7 Å². The van der Waals surface area contributed by atoms with Crippen LogP contribution in [-0.2, 0) is 6.42 Å². The van der Waals surface area contributed by atoms with Gasteiger partial charge in [0, 0.05) is 13.6 Å². The predicted molar refractivity (Wildman–Crippen MR) is 53.4 cm³/mol. The van der Waals surface area contributed by atoms with E-state index in [-0.39, 0.29) is 5.02 Å². The van der Waals surface area contributed by atoms with Crippen molar-refractivity contribution < 1.29 is 4.39 Å². The molecule has 0 aliphatic rings. The van der Waals surface area contributed by atoms with Gasteiger partial charge in [-0.15, -0.1) is 0 Å². The quantitative estimate of drug-likeness (QED) is 0.569. The van der Waals surface area contributed by atoms with Crippen molar-refractivity contribution in [3.63, 3.8) is 0 Å². The molecule has 0 heterocycles. The Balaban J connectivity index is 2.61. The van der Waals surface area contributed by atoms with Gasteiger partial charge in [-0.3, -0.25) is 0 Å². The third kappa shape index (κ3) is 2.90. The monoisotopic (exact) mass is 212 g/mol. The summed E-state index contributed by atoms with van der Waals surface area (Å²) in [4.78, 5) is 1.51. The van der Waals surface area contributed by atoms with Crippen LogP contribution in [0, 0.1) is 17.3 Å². The molecule has 0 aliphatic heterocycles. The first-order valence-electron chi connectivity index (χ1n) is 4.18. The van der Waals surface area contributed by atoms with Gasteiger partial charge in [-0.2, -0.15) is 5.26 Å². The van der Waals surface area contributed by atoms with Crippen LogP contribution in [0.2, 0.25) is 5.02 Å². The predicted octanol–water partition coefficient (Wildman–Crippen LogP) is 2.43. The SMILES string of the molecule is CN(C#N)CCc1ccc(F)c(Cl)c1. The highest BCUT2D eigenvalue weighted by atomic mass is 35.5. The van der Waals surface area contributed by atoms with E-state index in [0.717, 1.165) is 5.56 Å². The summed E-state index contributed by atoms with van der Waals surface area (Å²) in [7, 11) is 1.70. The second kappa shape index (κ2) is 4.83. The summed E-state index contributed by atoms with van der Waals surface area (Å²) in [6.45, 7) is 0.610. The van der Waals surface area contributed by atoms with Gasteiger partial charge in [0.2, 0.25) is 0 Å². The molecule has 0 saturated carbocycles. The molecule has 0 aromatic heterocycles. The van der Waals surface area contributed by atoms with Crippen LogP contribution < -0.4 is 0 Å². The maximum Gasteiger partial charge on any atom is 0.179 e. The maximum absolute atomic E-state index is 12.8. The summed E-state index contributed by atoms with van der Waals surface area (Å²) in [6, 6.07) is 4.60. The molecule has 0 saturated heterocycles. The average molecular weight is 213 g/mol. The number of rotatable bonds is 3. The van der Waals surface area contributed by atoms with Crippen molar-refractivity contribution in [2.24, 2.45) is 0 Å². The van der Waals surface area contributed by atoms with Crippen molar-refractivity contribution >= 4 is 11.6 Å². The van der Waals surface area contributed by atoms with Crippen molar-refractivity contribution in [3.8, 4) is 6.19 Å². The van der Waals surface area contributed by atoms with Crippen LogP contribution in [0.1, 0.15) is 5.56 Å². The highest BCUT2D eigenvalue weighted by Gasteiger charge is 2.01. The lowest BCUT2D eigenvalue weighted by atomic mass is 10.1. The zero-order valence-corrected chi connectivity index (χ0v) is 8.55. The third-order valence-electron chi connectivity index (χ3n) is 1.89. The number of halogens is 2. The second-order valence-electron chi connectivity index (χ2n) is 3.02. The van der Waals surface area contributed by atoms with Crippen LogP contribution in [0.5, 0.6) is 0 Å². The van der Waals surface area contributed by atoms with Gasteiger partial charge in [-0.05, 0) is 24.1 Å². The van der Waals surface area contributed by atoms with Gasteiger partial charge in [0.15, 0.2) is 6.19 Å². The first-order chi connectivity index (χ1) is 6.63. The fraction of sp³-hybridized carbons (Fsp3) is 0.300. The van der Waals surface area contributed by atoms with Crippen LogP contribution in [0.25, 0.3) is 0 Å². The van der Waals surface area contributed by atoms with E-state index in [0.29, 0.717) is 13.0 Å². The Hall–Kier alpha value is -1.27. The third-order valence-corrected chi connectivity index (χ3v) is 2.18. The molecule has 1 rings (SSSR count). The topological polar surface area (TPSA) is 27.0 Å². The minimum absolute atomic E-state index is 0.127. The van der Waals surface area contributed by atoms with E-state index in [1.165, 1.54) is 11.0 Å². The molecule has 1 aromatic rings. The normalized spacial score (nSPS) is 9.57. The lowest BCUT2D eigenvalue weighted by Gasteiger charge is -2.08. The number of hydrogen-bond donors (Lipinski definition) is 0. The molecule has 74 valence electrons. The summed E-state index contributed by atoms with van der Waals surface area (Å²) in [6.07, 6.45) is 2.67. The maximum atomic E-state index is 12.8. The van der Waals surface area contributed by atoms with E-state index in [4.69, 9.17) is 16.9 Å². The zero-order chi connectivity index (χ0) is 10.6. The van der Waals surface area contributed by atoms with E-state index in [2.05, 4.69) is 0 Å². The number of nitriles is 1. The van der Waals surface area contributed by atoms with Gasteiger partial charge in [0.25, 0.3) is 0 Å². The molecule has 2 nitrogen and oxygen atoms in total. The molecule has 0 unspecified atom stereocenters. The van der Waals surface area contributed by atoms with Crippen LogP contribution in [0.3, 0.4) is 0 Å². The Morgan fingerprint density at radius 2 is 2.29 bits per heavy atom. The Bertz CT molecular complexity index is 360. The molecule has 4 heteroatoms.